The van der Waals surface area contributed by atoms with Crippen molar-refractivity contribution in [3.05, 3.63) is 0 Å². The summed E-state index contributed by atoms with van der Waals surface area (Å²) in [5.74, 6) is 0.130. The molecule has 15 heavy (non-hydrogen) atoms. The van der Waals surface area contributed by atoms with Crippen LogP contribution in [0, 0.1) is 11.8 Å². The molecule has 0 bridgehead atoms. The molecule has 0 aliphatic rings. The fourth-order valence-corrected chi connectivity index (χ4v) is 1.26. The molecule has 0 radical (unpaired) electrons. The van der Waals surface area contributed by atoms with Gasteiger partial charge in [-0.1, -0.05) is 27.7 Å². The molecule has 0 saturated carbocycles. The minimum absolute atomic E-state index is 0.0302. The van der Waals surface area contributed by atoms with E-state index in [9.17, 15) is 9.59 Å². The SMILES string of the molecule is CN[C@H](C(=O)NCC(=O)C(C)C)C(C)C. The quantitative estimate of drug-likeness (QED) is 0.679. The summed E-state index contributed by atoms with van der Waals surface area (Å²) in [6, 6.07) is -0.232. The highest BCUT2D eigenvalue weighted by Crippen LogP contribution is 2.00. The van der Waals surface area contributed by atoms with Gasteiger partial charge in [-0.15, -0.1) is 0 Å². The van der Waals surface area contributed by atoms with Crippen LogP contribution in [0.4, 0.5) is 0 Å². The van der Waals surface area contributed by atoms with Crippen LogP contribution in [0.1, 0.15) is 27.7 Å². The molecule has 0 aliphatic heterocycles. The average molecular weight is 214 g/mol. The zero-order valence-electron chi connectivity index (χ0n) is 10.3. The molecular weight excluding hydrogens is 192 g/mol. The number of nitrogens with one attached hydrogen (secondary N) is 2. The predicted molar refractivity (Wildman–Crippen MR) is 60.5 cm³/mol. The summed E-state index contributed by atoms with van der Waals surface area (Å²) in [6.07, 6.45) is 0. The van der Waals surface area contributed by atoms with Crippen LogP contribution in [-0.4, -0.2) is 31.3 Å². The smallest absolute Gasteiger partial charge is 0.237 e. The molecule has 0 spiro atoms. The van der Waals surface area contributed by atoms with Gasteiger partial charge in [-0.25, -0.2) is 0 Å². The van der Waals surface area contributed by atoms with Gasteiger partial charge in [0.05, 0.1) is 12.6 Å². The average Bonchev–Trinajstić information content (AvgIpc) is 2.14. The number of amides is 1. The number of ketones is 1. The number of hydrogen-bond donors (Lipinski definition) is 2. The fourth-order valence-electron chi connectivity index (χ4n) is 1.26. The van der Waals surface area contributed by atoms with Gasteiger partial charge in [-0.3, -0.25) is 9.59 Å². The van der Waals surface area contributed by atoms with Gasteiger partial charge in [0.25, 0.3) is 0 Å². The minimum Gasteiger partial charge on any atom is -0.348 e. The molecule has 4 heteroatoms. The molecule has 0 heterocycles. The summed E-state index contributed by atoms with van der Waals surface area (Å²) in [5, 5.41) is 5.58. The van der Waals surface area contributed by atoms with E-state index in [1.54, 1.807) is 7.05 Å². The van der Waals surface area contributed by atoms with E-state index in [-0.39, 0.29) is 36.1 Å². The van der Waals surface area contributed by atoms with Gasteiger partial charge in [0.2, 0.25) is 5.91 Å². The van der Waals surface area contributed by atoms with Crippen LogP contribution >= 0.6 is 0 Å². The van der Waals surface area contributed by atoms with Gasteiger partial charge in [0.1, 0.15) is 0 Å². The van der Waals surface area contributed by atoms with E-state index in [4.69, 9.17) is 0 Å². The van der Waals surface area contributed by atoms with E-state index in [2.05, 4.69) is 10.6 Å². The van der Waals surface area contributed by atoms with E-state index in [1.165, 1.54) is 0 Å². The molecule has 1 atom stereocenters. The van der Waals surface area contributed by atoms with Crippen LogP contribution in [-0.2, 0) is 9.59 Å². The van der Waals surface area contributed by atoms with Gasteiger partial charge in [-0.05, 0) is 13.0 Å². The molecule has 1 amide bonds. The maximum Gasteiger partial charge on any atom is 0.237 e. The van der Waals surface area contributed by atoms with E-state index in [0.717, 1.165) is 0 Å². The van der Waals surface area contributed by atoms with Gasteiger partial charge in [-0.2, -0.15) is 0 Å². The summed E-state index contributed by atoms with van der Waals surface area (Å²) >= 11 is 0. The monoisotopic (exact) mass is 214 g/mol. The largest absolute Gasteiger partial charge is 0.348 e. The Kier molecular flexibility index (Phi) is 6.17. The highest BCUT2D eigenvalue weighted by Gasteiger charge is 2.20. The molecule has 0 aliphatic carbocycles. The van der Waals surface area contributed by atoms with E-state index < -0.39 is 0 Å². The predicted octanol–water partition coefficient (Wildman–Crippen LogP) is 0.572. The van der Waals surface area contributed by atoms with Gasteiger partial charge < -0.3 is 10.6 Å². The van der Waals surface area contributed by atoms with Crippen molar-refractivity contribution in [2.75, 3.05) is 13.6 Å². The third-order valence-electron chi connectivity index (χ3n) is 2.34. The molecular formula is C11H22N2O2. The van der Waals surface area contributed by atoms with Crippen LogP contribution in [0.25, 0.3) is 0 Å². The first-order valence-electron chi connectivity index (χ1n) is 5.37. The van der Waals surface area contributed by atoms with Crippen molar-refractivity contribution in [2.45, 2.75) is 33.7 Å². The molecule has 88 valence electrons. The second-order valence-corrected chi connectivity index (χ2v) is 4.35. The van der Waals surface area contributed by atoms with Crippen molar-refractivity contribution in [1.29, 1.82) is 0 Å². The van der Waals surface area contributed by atoms with Gasteiger partial charge >= 0.3 is 0 Å². The first-order valence-corrected chi connectivity index (χ1v) is 5.37. The van der Waals surface area contributed by atoms with Crippen molar-refractivity contribution in [3.63, 3.8) is 0 Å². The Labute approximate surface area is 91.8 Å². The Hall–Kier alpha value is -0.900. The summed E-state index contributed by atoms with van der Waals surface area (Å²) in [4.78, 5) is 22.9. The van der Waals surface area contributed by atoms with Crippen molar-refractivity contribution in [1.82, 2.24) is 10.6 Å². The number of hydrogen-bond acceptors (Lipinski definition) is 3. The number of carbonyl (C=O) groups is 2. The summed E-state index contributed by atoms with van der Waals surface area (Å²) < 4.78 is 0. The molecule has 2 N–H and O–H groups in total. The molecule has 0 unspecified atom stereocenters. The second-order valence-electron chi connectivity index (χ2n) is 4.35. The molecule has 0 rings (SSSR count). The topological polar surface area (TPSA) is 58.2 Å². The Morgan fingerprint density at radius 3 is 2.00 bits per heavy atom. The molecule has 4 nitrogen and oxygen atoms in total. The first-order chi connectivity index (χ1) is 6.90. The lowest BCUT2D eigenvalue weighted by atomic mass is 10.0. The highest BCUT2D eigenvalue weighted by atomic mass is 16.2. The summed E-state index contributed by atoms with van der Waals surface area (Å²) in [5.41, 5.74) is 0. The molecule has 0 aromatic heterocycles. The zero-order chi connectivity index (χ0) is 12.0. The second kappa shape index (κ2) is 6.56. The summed E-state index contributed by atoms with van der Waals surface area (Å²) in [6.45, 7) is 7.70. The fraction of sp³-hybridized carbons (Fsp3) is 0.818. The van der Waals surface area contributed by atoms with Crippen LogP contribution in [0.15, 0.2) is 0 Å². The Morgan fingerprint density at radius 1 is 1.13 bits per heavy atom. The lowest BCUT2D eigenvalue weighted by Gasteiger charge is -2.19. The van der Waals surface area contributed by atoms with E-state index in [1.807, 2.05) is 27.7 Å². The molecule has 0 aromatic rings. The molecule has 0 fully saturated rings. The van der Waals surface area contributed by atoms with Gasteiger partial charge in [0, 0.05) is 5.92 Å². The van der Waals surface area contributed by atoms with Crippen LogP contribution in [0.5, 0.6) is 0 Å². The summed E-state index contributed by atoms with van der Waals surface area (Å²) in [7, 11) is 1.74. The standard InChI is InChI=1S/C11H22N2O2/c1-7(2)9(14)6-13-11(15)10(12-5)8(3)4/h7-8,10,12H,6H2,1-5H3,(H,13,15)/t10-/m0/s1. The molecule has 0 aromatic carbocycles. The number of likely N-dealkylation sites (N-methyl/N-ethyl adjacent to an activating group) is 1. The van der Waals surface area contributed by atoms with Crippen LogP contribution < -0.4 is 10.6 Å². The Morgan fingerprint density at radius 2 is 1.67 bits per heavy atom. The van der Waals surface area contributed by atoms with Crippen molar-refractivity contribution in [2.24, 2.45) is 11.8 Å². The van der Waals surface area contributed by atoms with Gasteiger partial charge in [0.15, 0.2) is 5.78 Å². The van der Waals surface area contributed by atoms with Crippen molar-refractivity contribution >= 4 is 11.7 Å². The lowest BCUT2D eigenvalue weighted by molar-refractivity contribution is -0.128. The number of Topliss-reactive ketones (excluding diaryl/α,β-unsaturated/α-hetero) is 1. The zero-order valence-corrected chi connectivity index (χ0v) is 10.3. The maximum atomic E-state index is 11.6. The first kappa shape index (κ1) is 14.1. The van der Waals surface area contributed by atoms with Crippen LogP contribution in [0.2, 0.25) is 0 Å². The number of rotatable bonds is 6. The maximum absolute atomic E-state index is 11.6. The molecule has 0 saturated heterocycles. The van der Waals surface area contributed by atoms with E-state index in [0.29, 0.717) is 0 Å². The van der Waals surface area contributed by atoms with E-state index >= 15 is 0 Å². The number of carbonyl (C=O) groups excluding carboxylic acids is 2. The normalized spacial score (nSPS) is 13.0. The highest BCUT2D eigenvalue weighted by molar-refractivity contribution is 5.89. The minimum atomic E-state index is -0.232. The Balaban J connectivity index is 4.07. The lowest BCUT2D eigenvalue weighted by Crippen LogP contribution is -2.47. The Bertz CT molecular complexity index is 225. The van der Waals surface area contributed by atoms with Crippen LogP contribution in [0.3, 0.4) is 0 Å². The third kappa shape index (κ3) is 4.93. The van der Waals surface area contributed by atoms with Crippen molar-refractivity contribution < 1.29 is 9.59 Å². The van der Waals surface area contributed by atoms with Crippen molar-refractivity contribution in [3.8, 4) is 0 Å². The third-order valence-corrected chi connectivity index (χ3v) is 2.34.